The number of benzene rings is 2. The molecule has 5 rings (SSSR count). The summed E-state index contributed by atoms with van der Waals surface area (Å²) in [6, 6.07) is 15.2. The van der Waals surface area contributed by atoms with Crippen molar-refractivity contribution in [2.75, 3.05) is 20.2 Å². The first-order valence-corrected chi connectivity index (χ1v) is 11.3. The number of nitrogens with one attached hydrogen (secondary N) is 1. The van der Waals surface area contributed by atoms with Crippen LogP contribution in [0.3, 0.4) is 0 Å². The van der Waals surface area contributed by atoms with Gasteiger partial charge in [-0.3, -0.25) is 9.59 Å². The Hall–Kier alpha value is -4.01. The van der Waals surface area contributed by atoms with Gasteiger partial charge in [-0.25, -0.2) is 9.67 Å². The number of fused-ring (bicyclic) bond motifs is 1. The molecule has 0 bridgehead atoms. The summed E-state index contributed by atoms with van der Waals surface area (Å²) in [6.07, 6.45) is 1.68. The van der Waals surface area contributed by atoms with E-state index in [4.69, 9.17) is 9.72 Å². The molecule has 9 heteroatoms. The number of hydrogen-bond acceptors (Lipinski definition) is 6. The minimum Gasteiger partial charge on any atom is -0.497 e. The van der Waals surface area contributed by atoms with Crippen molar-refractivity contribution in [1.82, 2.24) is 29.9 Å². The lowest BCUT2D eigenvalue weighted by atomic mass is 9.96. The number of likely N-dealkylation sites (tertiary alicyclic amines) is 1. The van der Waals surface area contributed by atoms with Crippen molar-refractivity contribution >= 4 is 17.1 Å². The molecule has 0 radical (unpaired) electrons. The van der Waals surface area contributed by atoms with Gasteiger partial charge in [0, 0.05) is 24.6 Å². The van der Waals surface area contributed by atoms with Gasteiger partial charge in [0.05, 0.1) is 13.7 Å². The Kier molecular flexibility index (Phi) is 5.83. The summed E-state index contributed by atoms with van der Waals surface area (Å²) < 4.78 is 6.84. The Morgan fingerprint density at radius 3 is 2.65 bits per heavy atom. The number of aromatic amines is 1. The first-order valence-electron chi connectivity index (χ1n) is 11.3. The number of aromatic nitrogens is 5. The monoisotopic (exact) mass is 458 g/mol. The van der Waals surface area contributed by atoms with Crippen molar-refractivity contribution < 1.29 is 9.53 Å². The summed E-state index contributed by atoms with van der Waals surface area (Å²) >= 11 is 0. The number of aryl methyl sites for hydroxylation is 1. The second-order valence-electron chi connectivity index (χ2n) is 8.67. The molecule has 1 saturated heterocycles. The van der Waals surface area contributed by atoms with Crippen LogP contribution in [0.25, 0.3) is 11.2 Å². The van der Waals surface area contributed by atoms with Gasteiger partial charge in [-0.05, 0) is 49.6 Å². The molecule has 1 aliphatic rings. The minimum atomic E-state index is -0.317. The number of hydrogen-bond donors (Lipinski definition) is 1. The number of carbonyl (C=O) groups is 1. The van der Waals surface area contributed by atoms with Crippen molar-refractivity contribution in [2.24, 2.45) is 0 Å². The highest BCUT2D eigenvalue weighted by Crippen LogP contribution is 2.26. The molecule has 1 amide bonds. The summed E-state index contributed by atoms with van der Waals surface area (Å²) in [5, 5.41) is 8.20. The van der Waals surface area contributed by atoms with Crippen molar-refractivity contribution in [1.29, 1.82) is 0 Å². The lowest BCUT2D eigenvalue weighted by Gasteiger charge is -2.32. The van der Waals surface area contributed by atoms with Crippen LogP contribution in [0.4, 0.5) is 0 Å². The van der Waals surface area contributed by atoms with Crippen LogP contribution in [0.5, 0.6) is 5.75 Å². The molecule has 9 nitrogen and oxygen atoms in total. The Bertz CT molecular complexity index is 1370. The number of H-pyrrole nitrogens is 1. The largest absolute Gasteiger partial charge is 0.497 e. The minimum absolute atomic E-state index is 0.000612. The van der Waals surface area contributed by atoms with E-state index in [1.165, 1.54) is 0 Å². The van der Waals surface area contributed by atoms with Gasteiger partial charge in [0.15, 0.2) is 11.2 Å². The Balaban J connectivity index is 1.40. The average Bonchev–Trinajstić information content (AvgIpc) is 3.28. The van der Waals surface area contributed by atoms with E-state index in [9.17, 15) is 9.59 Å². The third kappa shape index (κ3) is 4.28. The molecule has 1 N–H and O–H groups in total. The van der Waals surface area contributed by atoms with E-state index in [0.717, 1.165) is 29.7 Å². The normalized spacial score (nSPS) is 16.1. The standard InChI is InChI=1S/C25H26N6O3/c1-16-5-9-18(10-6-16)25(33)30-13-3-4-19(15-30)22-26-23-21(24(32)27-22)28-29-31(23)14-17-7-11-20(34-2)12-8-17/h5-12,19H,3-4,13-15H2,1-2H3,(H,26,27,32)/t19-/m0/s1. The van der Waals surface area contributed by atoms with Crippen LogP contribution in [-0.2, 0) is 6.54 Å². The second-order valence-corrected chi connectivity index (χ2v) is 8.67. The highest BCUT2D eigenvalue weighted by Gasteiger charge is 2.28. The number of piperidine rings is 1. The van der Waals surface area contributed by atoms with Gasteiger partial charge in [-0.2, -0.15) is 0 Å². The molecular weight excluding hydrogens is 432 g/mol. The lowest BCUT2D eigenvalue weighted by Crippen LogP contribution is -2.40. The van der Waals surface area contributed by atoms with Crippen LogP contribution in [0.2, 0.25) is 0 Å². The van der Waals surface area contributed by atoms with Gasteiger partial charge in [0.1, 0.15) is 11.6 Å². The van der Waals surface area contributed by atoms with Gasteiger partial charge < -0.3 is 14.6 Å². The molecule has 3 heterocycles. The maximum Gasteiger partial charge on any atom is 0.281 e. The van der Waals surface area contributed by atoms with Gasteiger partial charge in [0.2, 0.25) is 0 Å². The van der Waals surface area contributed by atoms with Crippen molar-refractivity contribution in [2.45, 2.75) is 32.2 Å². The van der Waals surface area contributed by atoms with E-state index in [0.29, 0.717) is 36.7 Å². The fourth-order valence-corrected chi connectivity index (χ4v) is 4.35. The molecule has 1 aliphatic heterocycles. The van der Waals surface area contributed by atoms with E-state index in [-0.39, 0.29) is 22.9 Å². The van der Waals surface area contributed by atoms with E-state index < -0.39 is 0 Å². The highest BCUT2D eigenvalue weighted by atomic mass is 16.5. The molecule has 0 aliphatic carbocycles. The Morgan fingerprint density at radius 2 is 1.91 bits per heavy atom. The lowest BCUT2D eigenvalue weighted by molar-refractivity contribution is 0.0704. The number of ether oxygens (including phenoxy) is 1. The first kappa shape index (κ1) is 21.8. The molecule has 34 heavy (non-hydrogen) atoms. The van der Waals surface area contributed by atoms with Crippen molar-refractivity contribution in [3.63, 3.8) is 0 Å². The molecule has 174 valence electrons. The summed E-state index contributed by atoms with van der Waals surface area (Å²) in [5.41, 5.74) is 3.11. The summed E-state index contributed by atoms with van der Waals surface area (Å²) in [7, 11) is 1.62. The SMILES string of the molecule is COc1ccc(Cn2nnc3c(=O)[nH]c([C@H]4CCCN(C(=O)c5ccc(C)cc5)C4)nc32)cc1. The molecule has 4 aromatic rings. The van der Waals surface area contributed by atoms with Gasteiger partial charge >= 0.3 is 0 Å². The average molecular weight is 459 g/mol. The van der Waals surface area contributed by atoms with Crippen LogP contribution in [-0.4, -0.2) is 56.0 Å². The second kappa shape index (κ2) is 9.09. The van der Waals surface area contributed by atoms with Crippen LogP contribution < -0.4 is 10.3 Å². The van der Waals surface area contributed by atoms with Crippen molar-refractivity contribution in [3.8, 4) is 5.75 Å². The summed E-state index contributed by atoms with van der Waals surface area (Å²) in [6.45, 7) is 3.62. The zero-order valence-corrected chi connectivity index (χ0v) is 19.2. The first-order chi connectivity index (χ1) is 16.5. The number of methoxy groups -OCH3 is 1. The molecule has 2 aromatic heterocycles. The zero-order valence-electron chi connectivity index (χ0n) is 19.2. The Labute approximate surface area is 196 Å². The van der Waals surface area contributed by atoms with Crippen LogP contribution >= 0.6 is 0 Å². The quantitative estimate of drug-likeness (QED) is 0.493. The third-order valence-corrected chi connectivity index (χ3v) is 6.28. The van der Waals surface area contributed by atoms with Crippen LogP contribution in [0.15, 0.2) is 53.3 Å². The highest BCUT2D eigenvalue weighted by molar-refractivity contribution is 5.94. The number of nitrogens with zero attached hydrogens (tertiary/aromatic N) is 5. The number of amides is 1. The Morgan fingerprint density at radius 1 is 1.15 bits per heavy atom. The molecule has 0 unspecified atom stereocenters. The van der Waals surface area contributed by atoms with Gasteiger partial charge in [-0.15, -0.1) is 5.10 Å². The van der Waals surface area contributed by atoms with E-state index >= 15 is 0 Å². The van der Waals surface area contributed by atoms with E-state index in [1.54, 1.807) is 11.8 Å². The number of carbonyl (C=O) groups excluding carboxylic acids is 1. The third-order valence-electron chi connectivity index (χ3n) is 6.28. The van der Waals surface area contributed by atoms with Gasteiger partial charge in [-0.1, -0.05) is 35.0 Å². The molecular formula is C25H26N6O3. The fourth-order valence-electron chi connectivity index (χ4n) is 4.35. The predicted molar refractivity (Wildman–Crippen MR) is 127 cm³/mol. The molecule has 1 fully saturated rings. The zero-order chi connectivity index (χ0) is 23.7. The topological polar surface area (TPSA) is 106 Å². The molecule has 0 spiro atoms. The molecule has 2 aromatic carbocycles. The maximum absolute atomic E-state index is 13.0. The van der Waals surface area contributed by atoms with Gasteiger partial charge in [0.25, 0.3) is 11.5 Å². The maximum atomic E-state index is 13.0. The van der Waals surface area contributed by atoms with E-state index in [1.807, 2.05) is 60.4 Å². The molecule has 0 saturated carbocycles. The summed E-state index contributed by atoms with van der Waals surface area (Å²) in [4.78, 5) is 35.3. The van der Waals surface area contributed by atoms with E-state index in [2.05, 4.69) is 15.3 Å². The van der Waals surface area contributed by atoms with Crippen LogP contribution in [0.1, 0.15) is 46.1 Å². The smallest absolute Gasteiger partial charge is 0.281 e. The van der Waals surface area contributed by atoms with Crippen molar-refractivity contribution in [3.05, 3.63) is 81.4 Å². The number of rotatable bonds is 5. The van der Waals surface area contributed by atoms with Crippen LogP contribution in [0, 0.1) is 6.92 Å². The predicted octanol–water partition coefficient (Wildman–Crippen LogP) is 2.90. The summed E-state index contributed by atoms with van der Waals surface area (Å²) in [5.74, 6) is 1.27. The fraction of sp³-hybridized carbons (Fsp3) is 0.320. The molecule has 1 atom stereocenters.